The molecule has 0 spiro atoms. The summed E-state index contributed by atoms with van der Waals surface area (Å²) in [4.78, 5) is 0.00463. The van der Waals surface area contributed by atoms with Crippen molar-refractivity contribution in [2.24, 2.45) is 5.28 Å². The molecular formula is C3H8N2NaO3+. The van der Waals surface area contributed by atoms with Gasteiger partial charge in [0.05, 0.1) is 0 Å². The Balaban J connectivity index is 0. The SMILES string of the molecule is CC(O)C[N+]([O-])=NO.[Na+]. The van der Waals surface area contributed by atoms with Crippen molar-refractivity contribution in [1.29, 1.82) is 0 Å². The van der Waals surface area contributed by atoms with Gasteiger partial charge in [-0.05, 0) is 6.92 Å². The van der Waals surface area contributed by atoms with Crippen LogP contribution in [0.1, 0.15) is 6.92 Å². The molecule has 0 aromatic rings. The van der Waals surface area contributed by atoms with Crippen LogP contribution in [0.3, 0.4) is 0 Å². The predicted octanol–water partition coefficient (Wildman–Crippen LogP) is -3.28. The van der Waals surface area contributed by atoms with Crippen molar-refractivity contribution >= 4 is 0 Å². The third kappa shape index (κ3) is 8.16. The van der Waals surface area contributed by atoms with Gasteiger partial charge in [0, 0.05) is 0 Å². The van der Waals surface area contributed by atoms with Gasteiger partial charge < -0.3 is 15.5 Å². The molecule has 0 radical (unpaired) electrons. The minimum Gasteiger partial charge on any atom is -0.597 e. The summed E-state index contributed by atoms with van der Waals surface area (Å²) in [6.07, 6.45) is -0.761. The van der Waals surface area contributed by atoms with E-state index < -0.39 is 6.10 Å². The monoisotopic (exact) mass is 143 g/mol. The molecule has 0 saturated carbocycles. The van der Waals surface area contributed by atoms with E-state index in [1.165, 1.54) is 6.92 Å². The van der Waals surface area contributed by atoms with E-state index in [0.717, 1.165) is 0 Å². The number of hydrogen-bond acceptors (Lipinski definition) is 3. The molecule has 0 aliphatic heterocycles. The van der Waals surface area contributed by atoms with Crippen LogP contribution in [0.2, 0.25) is 0 Å². The van der Waals surface area contributed by atoms with E-state index in [0.29, 0.717) is 0 Å². The zero-order valence-corrected chi connectivity index (χ0v) is 7.48. The number of nitrogens with zero attached hydrogens (tertiary/aromatic N) is 2. The van der Waals surface area contributed by atoms with Gasteiger partial charge in [-0.15, -0.1) is 0 Å². The first-order chi connectivity index (χ1) is 3.66. The summed E-state index contributed by atoms with van der Waals surface area (Å²) in [5.41, 5.74) is 0. The second-order valence-corrected chi connectivity index (χ2v) is 1.47. The van der Waals surface area contributed by atoms with Gasteiger partial charge in [0.25, 0.3) is 0 Å². The maximum Gasteiger partial charge on any atom is 1.00 e. The Morgan fingerprint density at radius 1 is 1.78 bits per heavy atom. The van der Waals surface area contributed by atoms with Crippen molar-refractivity contribution in [1.82, 2.24) is 0 Å². The van der Waals surface area contributed by atoms with Crippen LogP contribution in [0.25, 0.3) is 0 Å². The van der Waals surface area contributed by atoms with E-state index in [9.17, 15) is 5.21 Å². The molecule has 6 heteroatoms. The second kappa shape index (κ2) is 6.28. The molecule has 2 N–H and O–H groups in total. The fourth-order valence-corrected chi connectivity index (χ4v) is 0.263. The Labute approximate surface area is 74.8 Å². The zero-order valence-electron chi connectivity index (χ0n) is 5.48. The van der Waals surface area contributed by atoms with Gasteiger partial charge >= 0.3 is 29.6 Å². The van der Waals surface area contributed by atoms with Crippen LogP contribution in [-0.4, -0.2) is 27.8 Å². The summed E-state index contributed by atoms with van der Waals surface area (Å²) >= 11 is 0. The maximum atomic E-state index is 9.96. The Kier molecular flexibility index (Phi) is 8.31. The van der Waals surface area contributed by atoms with Crippen LogP contribution in [0, 0.1) is 5.21 Å². The molecule has 1 atom stereocenters. The molecule has 0 aliphatic carbocycles. The first-order valence-electron chi connectivity index (χ1n) is 2.14. The fraction of sp³-hybridized carbons (Fsp3) is 1.00. The molecule has 0 aromatic carbocycles. The van der Waals surface area contributed by atoms with Crippen molar-refractivity contribution in [2.75, 3.05) is 6.54 Å². The third-order valence-electron chi connectivity index (χ3n) is 0.520. The summed E-state index contributed by atoms with van der Waals surface area (Å²) in [6.45, 7) is 1.23. The third-order valence-corrected chi connectivity index (χ3v) is 0.520. The summed E-state index contributed by atoms with van der Waals surface area (Å²) < 4.78 is 0. The average Bonchev–Trinajstić information content (AvgIpc) is 1.65. The fourth-order valence-electron chi connectivity index (χ4n) is 0.263. The van der Waals surface area contributed by atoms with Gasteiger partial charge in [-0.25, -0.2) is 0 Å². The minimum absolute atomic E-state index is 0. The van der Waals surface area contributed by atoms with Crippen molar-refractivity contribution in [3.8, 4) is 0 Å². The molecule has 48 valence electrons. The van der Waals surface area contributed by atoms with Crippen LogP contribution in [-0.2, 0) is 0 Å². The van der Waals surface area contributed by atoms with E-state index in [-0.39, 0.29) is 41.0 Å². The molecule has 0 aliphatic rings. The van der Waals surface area contributed by atoms with Crippen molar-refractivity contribution in [2.45, 2.75) is 13.0 Å². The van der Waals surface area contributed by atoms with Crippen LogP contribution >= 0.6 is 0 Å². The molecule has 5 nitrogen and oxygen atoms in total. The number of hydrogen-bond donors (Lipinski definition) is 2. The largest absolute Gasteiger partial charge is 1.00 e. The summed E-state index contributed by atoms with van der Waals surface area (Å²) in [6, 6.07) is 0. The normalized spacial score (nSPS) is 14.2. The minimum atomic E-state index is -0.761. The first kappa shape index (κ1) is 11.9. The van der Waals surface area contributed by atoms with Gasteiger partial charge in [-0.1, -0.05) is 4.86 Å². The van der Waals surface area contributed by atoms with E-state index in [4.69, 9.17) is 10.3 Å². The molecule has 0 amide bonds. The topological polar surface area (TPSA) is 78.9 Å². The number of hydroxylamine groups is 1. The Morgan fingerprint density at radius 2 is 2.22 bits per heavy atom. The van der Waals surface area contributed by atoms with Crippen molar-refractivity contribution in [3.63, 3.8) is 0 Å². The van der Waals surface area contributed by atoms with Crippen LogP contribution in [0.5, 0.6) is 0 Å². The first-order valence-corrected chi connectivity index (χ1v) is 2.14. The molecule has 0 saturated heterocycles. The number of rotatable bonds is 2. The number of aliphatic hydroxyl groups is 1. The molecule has 0 rings (SSSR count). The summed E-state index contributed by atoms with van der Waals surface area (Å²) in [5.74, 6) is 0. The standard InChI is InChI=1S/C3H8N2O3.Na/c1-3(6)2-5(8)4-7;/h3,6-7H,2H2,1H3;/q;+1. The molecule has 1 unspecified atom stereocenters. The summed E-state index contributed by atoms with van der Waals surface area (Å²) in [5, 5.41) is 28.4. The second-order valence-electron chi connectivity index (χ2n) is 1.47. The maximum absolute atomic E-state index is 9.96. The molecule has 0 aromatic heterocycles. The van der Waals surface area contributed by atoms with E-state index in [1.54, 1.807) is 0 Å². The average molecular weight is 143 g/mol. The van der Waals surface area contributed by atoms with Crippen molar-refractivity contribution in [3.05, 3.63) is 5.21 Å². The van der Waals surface area contributed by atoms with Gasteiger partial charge in [0.2, 0.25) is 6.54 Å². The Hall–Kier alpha value is 0.160. The molecular weight excluding hydrogens is 135 g/mol. The summed E-state index contributed by atoms with van der Waals surface area (Å²) in [7, 11) is 0. The smallest absolute Gasteiger partial charge is 0.597 e. The van der Waals surface area contributed by atoms with Crippen LogP contribution < -0.4 is 29.6 Å². The van der Waals surface area contributed by atoms with E-state index >= 15 is 0 Å². The van der Waals surface area contributed by atoms with Crippen molar-refractivity contribution < 1.29 is 44.7 Å². The van der Waals surface area contributed by atoms with Gasteiger partial charge in [-0.3, -0.25) is 0 Å². The molecule has 9 heavy (non-hydrogen) atoms. The van der Waals surface area contributed by atoms with Crippen LogP contribution in [0.15, 0.2) is 5.28 Å². The van der Waals surface area contributed by atoms with E-state index in [1.807, 2.05) is 0 Å². The molecule has 0 heterocycles. The van der Waals surface area contributed by atoms with Gasteiger partial charge in [-0.2, -0.15) is 0 Å². The van der Waals surface area contributed by atoms with E-state index in [2.05, 4.69) is 5.28 Å². The Morgan fingerprint density at radius 3 is 2.33 bits per heavy atom. The zero-order chi connectivity index (χ0) is 6.57. The van der Waals surface area contributed by atoms with Gasteiger partial charge in [0.1, 0.15) is 6.10 Å². The molecule has 0 bridgehead atoms. The molecule has 0 fully saturated rings. The van der Waals surface area contributed by atoms with Crippen LogP contribution in [0.4, 0.5) is 0 Å². The number of aliphatic hydroxyl groups excluding tert-OH is 1. The van der Waals surface area contributed by atoms with Gasteiger partial charge in [0.15, 0.2) is 5.28 Å². The Bertz CT molecular complexity index is 95.1. The quantitative estimate of drug-likeness (QED) is 0.184. The predicted molar refractivity (Wildman–Crippen MR) is 24.4 cm³/mol.